The zero-order chi connectivity index (χ0) is 26.4. The number of piperidine rings is 1. The van der Waals surface area contributed by atoms with E-state index in [1.54, 1.807) is 20.1 Å². The second kappa shape index (κ2) is 12.4. The number of hydrogen-bond acceptors (Lipinski definition) is 7. The number of allylic oxidation sites excluding steroid dienone is 2. The summed E-state index contributed by atoms with van der Waals surface area (Å²) >= 11 is 0. The van der Waals surface area contributed by atoms with Crippen molar-refractivity contribution >= 4 is 11.5 Å². The molecule has 2 heterocycles. The van der Waals surface area contributed by atoms with E-state index in [1.165, 1.54) is 0 Å². The number of likely N-dealkylation sites (tertiary alicyclic amines) is 1. The van der Waals surface area contributed by atoms with Crippen molar-refractivity contribution in [2.75, 3.05) is 33.4 Å². The van der Waals surface area contributed by atoms with Gasteiger partial charge in [0.15, 0.2) is 11.4 Å². The maximum absolute atomic E-state index is 15.1. The Balaban J connectivity index is 1.33. The van der Waals surface area contributed by atoms with Gasteiger partial charge in [-0.2, -0.15) is 0 Å². The zero-order valence-corrected chi connectivity index (χ0v) is 21.4. The molecular weight excluding hydrogens is 475 g/mol. The number of aromatic nitrogens is 2. The molecule has 1 amide bonds. The number of aromatic hydroxyl groups is 1. The first kappa shape index (κ1) is 26.9. The van der Waals surface area contributed by atoms with Gasteiger partial charge in [0.1, 0.15) is 11.7 Å². The first-order valence-electron chi connectivity index (χ1n) is 12.7. The van der Waals surface area contributed by atoms with Crippen molar-refractivity contribution in [3.63, 3.8) is 0 Å². The molecule has 37 heavy (non-hydrogen) atoms. The number of hydrogen-bond donors (Lipinski definition) is 3. The second-order valence-electron chi connectivity index (χ2n) is 9.65. The number of ether oxygens (including phenoxy) is 1. The molecule has 198 valence electrons. The van der Waals surface area contributed by atoms with Crippen molar-refractivity contribution in [3.8, 4) is 5.75 Å². The van der Waals surface area contributed by atoms with Gasteiger partial charge in [0.2, 0.25) is 0 Å². The Hall–Kier alpha value is -3.14. The fraction of sp³-hybridized carbons (Fsp3) is 0.464. The predicted octanol–water partition coefficient (Wildman–Crippen LogP) is 3.32. The lowest BCUT2D eigenvalue weighted by atomic mass is 9.90. The summed E-state index contributed by atoms with van der Waals surface area (Å²) in [6.07, 6.45) is 6.68. The van der Waals surface area contributed by atoms with Crippen LogP contribution in [0, 0.1) is 12.8 Å². The molecule has 1 atom stereocenters. The van der Waals surface area contributed by atoms with Crippen LogP contribution in [0.3, 0.4) is 0 Å². The molecule has 9 heteroatoms. The number of aryl methyl sites for hydroxylation is 1. The van der Waals surface area contributed by atoms with E-state index in [1.807, 2.05) is 24.3 Å². The van der Waals surface area contributed by atoms with E-state index in [0.29, 0.717) is 43.4 Å². The highest BCUT2D eigenvalue weighted by molar-refractivity contribution is 5.95. The number of benzene rings is 1. The molecule has 8 nitrogen and oxygen atoms in total. The summed E-state index contributed by atoms with van der Waals surface area (Å²) in [6, 6.07) is 7.28. The van der Waals surface area contributed by atoms with Crippen molar-refractivity contribution in [3.05, 3.63) is 70.6 Å². The SMILES string of the molecule is COCCNC(=O)c1nc(CC2CCN(C3CC=C(c4ccc(CO)cc4)C=C3F)CC2)nc(C)c1O. The standard InChI is InChI=1S/C28H35FN4O4/c1-18-27(35)26(28(36)30-11-14-37-2)32-25(31-18)15-19-9-12-33(13-10-19)24-8-7-22(16-23(24)29)21-5-3-20(17-34)4-6-21/h3-7,16,19,24,34-35H,8-15,17H2,1-2H3,(H,30,36). The van der Waals surface area contributed by atoms with Gasteiger partial charge in [0, 0.05) is 20.1 Å². The summed E-state index contributed by atoms with van der Waals surface area (Å²) in [5.41, 5.74) is 3.01. The number of amides is 1. The number of methoxy groups -OCH3 is 1. The van der Waals surface area contributed by atoms with Gasteiger partial charge in [0.25, 0.3) is 5.91 Å². The second-order valence-corrected chi connectivity index (χ2v) is 9.65. The number of aliphatic hydroxyl groups is 1. The zero-order valence-electron chi connectivity index (χ0n) is 21.4. The Bertz CT molecular complexity index is 1160. The van der Waals surface area contributed by atoms with E-state index >= 15 is 4.39 Å². The van der Waals surface area contributed by atoms with Gasteiger partial charge in [-0.25, -0.2) is 14.4 Å². The van der Waals surface area contributed by atoms with E-state index in [-0.39, 0.29) is 29.9 Å². The van der Waals surface area contributed by atoms with Crippen molar-refractivity contribution in [1.82, 2.24) is 20.2 Å². The summed E-state index contributed by atoms with van der Waals surface area (Å²) in [6.45, 7) is 3.89. The Kier molecular flexibility index (Phi) is 9.02. The molecule has 1 aromatic heterocycles. The number of aliphatic hydroxyl groups excluding tert-OH is 1. The molecule has 2 aliphatic rings. The molecule has 1 fully saturated rings. The average molecular weight is 511 g/mol. The summed E-state index contributed by atoms with van der Waals surface area (Å²) in [4.78, 5) is 23.4. The highest BCUT2D eigenvalue weighted by Gasteiger charge is 2.30. The van der Waals surface area contributed by atoms with E-state index in [9.17, 15) is 15.0 Å². The summed E-state index contributed by atoms with van der Waals surface area (Å²) in [5.74, 6) is 0.0756. The van der Waals surface area contributed by atoms with Crippen LogP contribution >= 0.6 is 0 Å². The number of halogens is 1. The maximum atomic E-state index is 15.1. The number of rotatable bonds is 9. The number of carbonyl (C=O) groups excluding carboxylic acids is 1. The van der Waals surface area contributed by atoms with Crippen LogP contribution in [0.5, 0.6) is 5.75 Å². The third kappa shape index (κ3) is 6.60. The normalized spacial score (nSPS) is 18.9. The fourth-order valence-electron chi connectivity index (χ4n) is 4.93. The Morgan fingerprint density at radius 3 is 2.59 bits per heavy atom. The van der Waals surface area contributed by atoms with Gasteiger partial charge in [-0.15, -0.1) is 0 Å². The molecule has 2 aromatic rings. The molecule has 1 aromatic carbocycles. The van der Waals surface area contributed by atoms with E-state index < -0.39 is 5.91 Å². The molecule has 0 saturated carbocycles. The minimum absolute atomic E-state index is 0.00852. The lowest BCUT2D eigenvalue weighted by molar-refractivity contribution is 0.0928. The number of carbonyl (C=O) groups is 1. The Labute approximate surface area is 216 Å². The first-order chi connectivity index (χ1) is 17.9. The number of nitrogens with zero attached hydrogens (tertiary/aromatic N) is 3. The van der Waals surface area contributed by atoms with Crippen LogP contribution in [0.25, 0.3) is 5.57 Å². The van der Waals surface area contributed by atoms with Gasteiger partial charge in [-0.1, -0.05) is 30.3 Å². The summed E-state index contributed by atoms with van der Waals surface area (Å²) in [7, 11) is 1.55. The van der Waals surface area contributed by atoms with Crippen LogP contribution in [-0.4, -0.2) is 70.4 Å². The molecule has 4 rings (SSSR count). The maximum Gasteiger partial charge on any atom is 0.273 e. The Morgan fingerprint density at radius 2 is 1.95 bits per heavy atom. The highest BCUT2D eigenvalue weighted by Crippen LogP contribution is 2.32. The van der Waals surface area contributed by atoms with E-state index in [4.69, 9.17) is 4.74 Å². The first-order valence-corrected chi connectivity index (χ1v) is 12.7. The average Bonchev–Trinajstić information content (AvgIpc) is 2.91. The molecule has 1 unspecified atom stereocenters. The van der Waals surface area contributed by atoms with Crippen LogP contribution in [0.2, 0.25) is 0 Å². The summed E-state index contributed by atoms with van der Waals surface area (Å²) in [5, 5.41) is 22.2. The molecule has 0 spiro atoms. The van der Waals surface area contributed by atoms with E-state index in [2.05, 4.69) is 26.3 Å². The van der Waals surface area contributed by atoms with E-state index in [0.717, 1.165) is 42.6 Å². The van der Waals surface area contributed by atoms with Crippen molar-refractivity contribution in [2.45, 2.75) is 45.3 Å². The molecule has 3 N–H and O–H groups in total. The van der Waals surface area contributed by atoms with Crippen LogP contribution < -0.4 is 5.32 Å². The minimum Gasteiger partial charge on any atom is -0.504 e. The molecular formula is C28H35FN4O4. The topological polar surface area (TPSA) is 108 Å². The van der Waals surface area contributed by atoms with Crippen molar-refractivity contribution in [1.29, 1.82) is 0 Å². The Morgan fingerprint density at radius 1 is 1.22 bits per heavy atom. The monoisotopic (exact) mass is 510 g/mol. The van der Waals surface area contributed by atoms with Crippen LogP contribution in [0.15, 0.2) is 42.2 Å². The largest absolute Gasteiger partial charge is 0.504 e. The van der Waals surface area contributed by atoms with Crippen molar-refractivity contribution in [2.24, 2.45) is 5.92 Å². The lowest BCUT2D eigenvalue weighted by Gasteiger charge is -2.37. The van der Waals surface area contributed by atoms with Gasteiger partial charge in [-0.3, -0.25) is 9.69 Å². The lowest BCUT2D eigenvalue weighted by Crippen LogP contribution is -2.42. The predicted molar refractivity (Wildman–Crippen MR) is 139 cm³/mol. The number of nitrogens with one attached hydrogen (secondary N) is 1. The molecule has 1 aliphatic carbocycles. The summed E-state index contributed by atoms with van der Waals surface area (Å²) < 4.78 is 20.1. The molecule has 0 bridgehead atoms. The third-order valence-corrected chi connectivity index (χ3v) is 7.12. The molecule has 1 saturated heterocycles. The fourth-order valence-corrected chi connectivity index (χ4v) is 4.93. The van der Waals surface area contributed by atoms with Gasteiger partial charge in [0.05, 0.1) is 24.9 Å². The highest BCUT2D eigenvalue weighted by atomic mass is 19.1. The van der Waals surface area contributed by atoms with Crippen molar-refractivity contribution < 1.29 is 24.1 Å². The smallest absolute Gasteiger partial charge is 0.273 e. The van der Waals surface area contributed by atoms with Crippen LogP contribution in [0.1, 0.15) is 52.4 Å². The quantitative estimate of drug-likeness (QED) is 0.444. The van der Waals surface area contributed by atoms with Gasteiger partial charge >= 0.3 is 0 Å². The van der Waals surface area contributed by atoms with Gasteiger partial charge in [-0.05, 0) is 68.0 Å². The van der Waals surface area contributed by atoms with Gasteiger partial charge < -0.3 is 20.3 Å². The van der Waals surface area contributed by atoms with Crippen LogP contribution in [0.4, 0.5) is 4.39 Å². The minimum atomic E-state index is -0.451. The molecule has 0 radical (unpaired) electrons. The third-order valence-electron chi connectivity index (χ3n) is 7.12. The van der Waals surface area contributed by atoms with Crippen LogP contribution in [-0.2, 0) is 17.8 Å². The molecule has 1 aliphatic heterocycles.